The minimum atomic E-state index is 0.0793. The molecule has 0 saturated heterocycles. The first-order valence-electron chi connectivity index (χ1n) is 6.21. The van der Waals surface area contributed by atoms with Crippen LogP contribution in [0.3, 0.4) is 0 Å². The highest BCUT2D eigenvalue weighted by atomic mass is 35.5. The summed E-state index contributed by atoms with van der Waals surface area (Å²) in [7, 11) is 0. The molecule has 21 heavy (non-hydrogen) atoms. The zero-order valence-corrected chi connectivity index (χ0v) is 11.6. The van der Waals surface area contributed by atoms with E-state index in [2.05, 4.69) is 16.0 Å². The third-order valence-electron chi connectivity index (χ3n) is 3.18. The van der Waals surface area contributed by atoms with Crippen LogP contribution in [-0.2, 0) is 0 Å². The van der Waals surface area contributed by atoms with Crippen molar-refractivity contribution in [2.75, 3.05) is 0 Å². The van der Waals surface area contributed by atoms with Crippen molar-refractivity contribution in [2.24, 2.45) is 0 Å². The average molecular weight is 296 g/mol. The van der Waals surface area contributed by atoms with E-state index in [0.29, 0.717) is 16.2 Å². The van der Waals surface area contributed by atoms with Gasteiger partial charge in [0.15, 0.2) is 0 Å². The van der Waals surface area contributed by atoms with Gasteiger partial charge >= 0.3 is 0 Å². The number of pyridine rings is 1. The van der Waals surface area contributed by atoms with Crippen LogP contribution in [-0.4, -0.2) is 15.1 Å². The predicted octanol–water partition coefficient (Wildman–Crippen LogP) is 3.99. The zero-order valence-electron chi connectivity index (χ0n) is 10.8. The summed E-state index contributed by atoms with van der Waals surface area (Å²) in [4.78, 5) is 7.05. The van der Waals surface area contributed by atoms with Crippen LogP contribution in [0.4, 0.5) is 0 Å². The average Bonchev–Trinajstić information content (AvgIpc) is 2.89. The second-order valence-corrected chi connectivity index (χ2v) is 4.93. The Balaban J connectivity index is 2.18. The Labute approximate surface area is 125 Å². The highest BCUT2D eigenvalue weighted by Gasteiger charge is 2.10. The number of nitriles is 1. The lowest BCUT2D eigenvalue weighted by atomic mass is 10.0. The van der Waals surface area contributed by atoms with Crippen molar-refractivity contribution in [1.82, 2.24) is 9.97 Å². The normalized spacial score (nSPS) is 11.5. The molecule has 0 bridgehead atoms. The first-order chi connectivity index (χ1) is 10.2. The Morgan fingerprint density at radius 2 is 2.24 bits per heavy atom. The molecule has 0 fully saturated rings. The van der Waals surface area contributed by atoms with E-state index in [1.165, 1.54) is 18.5 Å². The van der Waals surface area contributed by atoms with Gasteiger partial charge in [-0.2, -0.15) is 5.26 Å². The molecular formula is C16H10ClN3O. The van der Waals surface area contributed by atoms with Crippen LogP contribution in [0.2, 0.25) is 5.02 Å². The van der Waals surface area contributed by atoms with Gasteiger partial charge in [-0.25, -0.2) is 0 Å². The van der Waals surface area contributed by atoms with Gasteiger partial charge in [-0.3, -0.25) is 4.98 Å². The number of allylic oxidation sites excluding steroid dienone is 1. The van der Waals surface area contributed by atoms with E-state index < -0.39 is 0 Å². The molecule has 3 aromatic rings. The molecule has 102 valence electrons. The minimum Gasteiger partial charge on any atom is -0.507 e. The summed E-state index contributed by atoms with van der Waals surface area (Å²) in [6, 6.07) is 9.08. The summed E-state index contributed by atoms with van der Waals surface area (Å²) >= 11 is 6.01. The molecule has 0 saturated carbocycles. The van der Waals surface area contributed by atoms with Crippen molar-refractivity contribution in [3.63, 3.8) is 0 Å². The third kappa shape index (κ3) is 2.47. The Morgan fingerprint density at radius 3 is 3.00 bits per heavy atom. The monoisotopic (exact) mass is 295 g/mol. The van der Waals surface area contributed by atoms with Gasteiger partial charge in [0, 0.05) is 45.6 Å². The summed E-state index contributed by atoms with van der Waals surface area (Å²) in [6.07, 6.45) is 6.36. The van der Waals surface area contributed by atoms with E-state index in [1.807, 2.05) is 6.07 Å². The molecule has 0 aliphatic carbocycles. The number of aromatic hydroxyl groups is 1. The van der Waals surface area contributed by atoms with E-state index in [4.69, 9.17) is 11.6 Å². The van der Waals surface area contributed by atoms with Gasteiger partial charge in [0.1, 0.15) is 5.75 Å². The topological polar surface area (TPSA) is 72.7 Å². The summed E-state index contributed by atoms with van der Waals surface area (Å²) in [5.74, 6) is 0.0793. The number of aromatic amines is 1. The maximum Gasteiger partial charge on any atom is 0.125 e. The zero-order chi connectivity index (χ0) is 14.8. The van der Waals surface area contributed by atoms with Gasteiger partial charge in [0.05, 0.1) is 11.6 Å². The molecule has 0 radical (unpaired) electrons. The van der Waals surface area contributed by atoms with Gasteiger partial charge in [-0.05, 0) is 30.3 Å². The molecular weight excluding hydrogens is 286 g/mol. The smallest absolute Gasteiger partial charge is 0.125 e. The molecule has 0 amide bonds. The Bertz CT molecular complexity index is 890. The Morgan fingerprint density at radius 1 is 1.38 bits per heavy atom. The lowest BCUT2D eigenvalue weighted by molar-refractivity contribution is 0.473. The van der Waals surface area contributed by atoms with Crippen LogP contribution in [0, 0.1) is 11.3 Å². The van der Waals surface area contributed by atoms with Crippen molar-refractivity contribution in [3.05, 3.63) is 59.0 Å². The summed E-state index contributed by atoms with van der Waals surface area (Å²) in [6.45, 7) is 0. The fourth-order valence-electron chi connectivity index (χ4n) is 2.15. The molecule has 0 aliphatic heterocycles. The molecule has 2 heterocycles. The van der Waals surface area contributed by atoms with Crippen molar-refractivity contribution in [3.8, 4) is 11.8 Å². The van der Waals surface area contributed by atoms with E-state index in [0.717, 1.165) is 16.5 Å². The van der Waals surface area contributed by atoms with Crippen molar-refractivity contribution in [2.45, 2.75) is 0 Å². The molecule has 0 unspecified atom stereocenters. The van der Waals surface area contributed by atoms with E-state index in [1.54, 1.807) is 24.4 Å². The number of benzene rings is 1. The Hall–Kier alpha value is -2.77. The second-order valence-electron chi connectivity index (χ2n) is 4.50. The summed E-state index contributed by atoms with van der Waals surface area (Å²) in [5.41, 5.74) is 2.54. The number of nitrogens with one attached hydrogen (secondary N) is 1. The molecule has 3 rings (SSSR count). The van der Waals surface area contributed by atoms with Gasteiger partial charge in [0.25, 0.3) is 0 Å². The molecule has 5 heteroatoms. The molecule has 1 aromatic carbocycles. The van der Waals surface area contributed by atoms with Crippen LogP contribution in [0.25, 0.3) is 22.6 Å². The van der Waals surface area contributed by atoms with Crippen LogP contribution >= 0.6 is 11.6 Å². The second kappa shape index (κ2) is 5.31. The predicted molar refractivity (Wildman–Crippen MR) is 82.7 cm³/mol. The van der Waals surface area contributed by atoms with Gasteiger partial charge in [-0.1, -0.05) is 11.6 Å². The Kier molecular flexibility index (Phi) is 3.35. The number of halogens is 1. The summed E-state index contributed by atoms with van der Waals surface area (Å²) in [5, 5.41) is 20.7. The van der Waals surface area contributed by atoms with Crippen LogP contribution in [0.1, 0.15) is 11.1 Å². The minimum absolute atomic E-state index is 0.0793. The third-order valence-corrected chi connectivity index (χ3v) is 3.42. The number of rotatable bonds is 2. The number of fused-ring (bicyclic) bond motifs is 1. The fourth-order valence-corrected chi connectivity index (χ4v) is 2.32. The standard InChI is InChI=1S/C16H10ClN3O/c17-12-1-2-15-13(6-12)14(9-20-15)10(7-18)5-11-8-19-4-3-16(11)21/h1-6,8-9,20H,(H,19,21). The maximum absolute atomic E-state index is 9.79. The van der Waals surface area contributed by atoms with Crippen LogP contribution in [0.5, 0.6) is 5.75 Å². The number of aromatic nitrogens is 2. The van der Waals surface area contributed by atoms with E-state index in [9.17, 15) is 10.4 Å². The maximum atomic E-state index is 9.79. The number of hydrogen-bond acceptors (Lipinski definition) is 3. The van der Waals surface area contributed by atoms with E-state index >= 15 is 0 Å². The van der Waals surface area contributed by atoms with Crippen LogP contribution in [0.15, 0.2) is 42.9 Å². The highest BCUT2D eigenvalue weighted by Crippen LogP contribution is 2.29. The fraction of sp³-hybridized carbons (Fsp3) is 0. The van der Waals surface area contributed by atoms with Crippen molar-refractivity contribution < 1.29 is 5.11 Å². The summed E-state index contributed by atoms with van der Waals surface area (Å²) < 4.78 is 0. The van der Waals surface area contributed by atoms with E-state index in [-0.39, 0.29) is 5.75 Å². The molecule has 2 N–H and O–H groups in total. The molecule has 0 spiro atoms. The molecule has 2 aromatic heterocycles. The lowest BCUT2D eigenvalue weighted by Gasteiger charge is -2.00. The largest absolute Gasteiger partial charge is 0.507 e. The number of H-pyrrole nitrogens is 1. The van der Waals surface area contributed by atoms with Gasteiger partial charge in [-0.15, -0.1) is 0 Å². The first-order valence-corrected chi connectivity index (χ1v) is 6.58. The van der Waals surface area contributed by atoms with Gasteiger partial charge in [0.2, 0.25) is 0 Å². The van der Waals surface area contributed by atoms with Gasteiger partial charge < -0.3 is 10.1 Å². The van der Waals surface area contributed by atoms with Crippen molar-refractivity contribution in [1.29, 1.82) is 5.26 Å². The molecule has 0 atom stereocenters. The van der Waals surface area contributed by atoms with Crippen LogP contribution < -0.4 is 0 Å². The lowest BCUT2D eigenvalue weighted by Crippen LogP contribution is -1.82. The van der Waals surface area contributed by atoms with Crippen molar-refractivity contribution >= 4 is 34.2 Å². The first kappa shape index (κ1) is 13.2. The number of hydrogen-bond donors (Lipinski definition) is 2. The SMILES string of the molecule is N#CC(=Cc1cnccc1O)c1c[nH]c2ccc(Cl)cc12. The molecule has 4 nitrogen and oxygen atoms in total. The quantitative estimate of drug-likeness (QED) is 0.702. The number of nitrogens with zero attached hydrogens (tertiary/aromatic N) is 2. The highest BCUT2D eigenvalue weighted by molar-refractivity contribution is 6.31. The molecule has 0 aliphatic rings.